The van der Waals surface area contributed by atoms with E-state index in [0.717, 1.165) is 11.3 Å². The number of aryl methyl sites for hydroxylation is 1. The molecular weight excluding hydrogens is 323 g/mol. The van der Waals surface area contributed by atoms with Gasteiger partial charge in [0.25, 0.3) is 5.91 Å². The summed E-state index contributed by atoms with van der Waals surface area (Å²) in [6, 6.07) is 10.7. The lowest BCUT2D eigenvalue weighted by atomic mass is 10.2. The highest BCUT2D eigenvalue weighted by molar-refractivity contribution is 6.33. The molecule has 0 aliphatic carbocycles. The molecule has 1 aromatic heterocycles. The lowest BCUT2D eigenvalue weighted by Crippen LogP contribution is -2.33. The van der Waals surface area contributed by atoms with Crippen molar-refractivity contribution in [3.8, 4) is 5.75 Å². The molecule has 1 atom stereocenters. The van der Waals surface area contributed by atoms with Gasteiger partial charge in [0.2, 0.25) is 0 Å². The number of nitrogens with one attached hydrogen (secondary N) is 1. The number of benzene rings is 1. The lowest BCUT2D eigenvalue weighted by molar-refractivity contribution is 0.0932. The number of rotatable bonds is 5. The van der Waals surface area contributed by atoms with Crippen molar-refractivity contribution in [3.63, 3.8) is 0 Å². The van der Waals surface area contributed by atoms with Crippen LogP contribution in [0.2, 0.25) is 10.3 Å². The first-order chi connectivity index (χ1) is 10.4. The van der Waals surface area contributed by atoms with Crippen molar-refractivity contribution in [1.29, 1.82) is 0 Å². The van der Waals surface area contributed by atoms with E-state index >= 15 is 0 Å². The summed E-state index contributed by atoms with van der Waals surface area (Å²) in [6.07, 6.45) is -0.168. The van der Waals surface area contributed by atoms with Crippen LogP contribution in [0.5, 0.6) is 5.75 Å². The zero-order valence-corrected chi connectivity index (χ0v) is 13.8. The number of ether oxygens (including phenoxy) is 1. The van der Waals surface area contributed by atoms with Crippen LogP contribution in [0.4, 0.5) is 0 Å². The van der Waals surface area contributed by atoms with Crippen LogP contribution in [0.3, 0.4) is 0 Å². The molecular formula is C16H16Cl2N2O2. The van der Waals surface area contributed by atoms with E-state index in [2.05, 4.69) is 10.3 Å². The van der Waals surface area contributed by atoms with Gasteiger partial charge in [0, 0.05) is 5.56 Å². The number of carbonyl (C=O) groups excluding carboxylic acids is 1. The Kier molecular flexibility index (Phi) is 5.63. The Morgan fingerprint density at radius 2 is 1.95 bits per heavy atom. The summed E-state index contributed by atoms with van der Waals surface area (Å²) in [4.78, 5) is 15.9. The predicted octanol–water partition coefficient (Wildman–Crippen LogP) is 3.89. The number of nitrogens with zero attached hydrogens (tertiary/aromatic N) is 1. The van der Waals surface area contributed by atoms with E-state index in [1.54, 1.807) is 0 Å². The topological polar surface area (TPSA) is 51.2 Å². The molecule has 22 heavy (non-hydrogen) atoms. The summed E-state index contributed by atoms with van der Waals surface area (Å²) >= 11 is 11.6. The minimum atomic E-state index is -0.272. The highest BCUT2D eigenvalue weighted by atomic mass is 35.5. The van der Waals surface area contributed by atoms with Crippen molar-refractivity contribution in [2.75, 3.05) is 6.54 Å². The van der Waals surface area contributed by atoms with Crippen LogP contribution in [0, 0.1) is 6.92 Å². The van der Waals surface area contributed by atoms with Gasteiger partial charge in [-0.25, -0.2) is 4.98 Å². The van der Waals surface area contributed by atoms with Crippen LogP contribution in [0.1, 0.15) is 22.8 Å². The first-order valence-electron chi connectivity index (χ1n) is 6.78. The maximum atomic E-state index is 12.0. The van der Waals surface area contributed by atoms with E-state index in [4.69, 9.17) is 27.9 Å². The Labute approximate surface area is 139 Å². The maximum Gasteiger partial charge on any atom is 0.251 e. The molecule has 1 N–H and O–H groups in total. The largest absolute Gasteiger partial charge is 0.489 e. The number of aromatic nitrogens is 1. The van der Waals surface area contributed by atoms with Gasteiger partial charge in [-0.2, -0.15) is 0 Å². The van der Waals surface area contributed by atoms with E-state index in [0.29, 0.717) is 12.1 Å². The van der Waals surface area contributed by atoms with Gasteiger partial charge in [-0.05, 0) is 43.7 Å². The van der Waals surface area contributed by atoms with E-state index in [-0.39, 0.29) is 22.3 Å². The molecule has 2 rings (SSSR count). The van der Waals surface area contributed by atoms with Crippen LogP contribution < -0.4 is 10.1 Å². The summed E-state index contributed by atoms with van der Waals surface area (Å²) in [5.74, 6) is 0.502. The zero-order chi connectivity index (χ0) is 16.1. The van der Waals surface area contributed by atoms with Gasteiger partial charge >= 0.3 is 0 Å². The van der Waals surface area contributed by atoms with Crippen molar-refractivity contribution < 1.29 is 9.53 Å². The summed E-state index contributed by atoms with van der Waals surface area (Å²) in [5, 5.41) is 3.14. The standard InChI is InChI=1S/C16H16Cl2N2O2/c1-10-4-3-5-13(6-10)22-11(2)9-19-16(21)12-7-14(17)20-15(18)8-12/h3-8,11H,9H2,1-2H3,(H,19,21). The summed E-state index contributed by atoms with van der Waals surface area (Å²) in [7, 11) is 0. The fourth-order valence-electron chi connectivity index (χ4n) is 1.90. The van der Waals surface area contributed by atoms with E-state index in [1.165, 1.54) is 12.1 Å². The average molecular weight is 339 g/mol. The second-order valence-electron chi connectivity index (χ2n) is 4.96. The van der Waals surface area contributed by atoms with Crippen molar-refractivity contribution in [2.45, 2.75) is 20.0 Å². The van der Waals surface area contributed by atoms with Crippen LogP contribution in [-0.4, -0.2) is 23.5 Å². The van der Waals surface area contributed by atoms with Crippen molar-refractivity contribution in [1.82, 2.24) is 10.3 Å². The second-order valence-corrected chi connectivity index (χ2v) is 5.73. The highest BCUT2D eigenvalue weighted by Gasteiger charge is 2.11. The highest BCUT2D eigenvalue weighted by Crippen LogP contribution is 2.15. The molecule has 1 aromatic carbocycles. The van der Waals surface area contributed by atoms with Crippen molar-refractivity contribution >= 4 is 29.1 Å². The van der Waals surface area contributed by atoms with Gasteiger partial charge < -0.3 is 10.1 Å². The molecule has 0 saturated heterocycles. The molecule has 116 valence electrons. The monoisotopic (exact) mass is 338 g/mol. The van der Waals surface area contributed by atoms with Crippen LogP contribution >= 0.6 is 23.2 Å². The Bertz CT molecular complexity index is 657. The van der Waals surface area contributed by atoms with Crippen LogP contribution in [0.25, 0.3) is 0 Å². The molecule has 0 saturated carbocycles. The van der Waals surface area contributed by atoms with Gasteiger partial charge in [-0.1, -0.05) is 35.3 Å². The third-order valence-corrected chi connectivity index (χ3v) is 3.29. The van der Waals surface area contributed by atoms with Crippen LogP contribution in [0.15, 0.2) is 36.4 Å². The molecule has 0 spiro atoms. The molecule has 0 fully saturated rings. The third-order valence-electron chi connectivity index (χ3n) is 2.90. The van der Waals surface area contributed by atoms with Crippen molar-refractivity contribution in [2.24, 2.45) is 0 Å². The summed E-state index contributed by atoms with van der Waals surface area (Å²) in [5.41, 5.74) is 1.49. The van der Waals surface area contributed by atoms with Gasteiger partial charge in [-0.3, -0.25) is 4.79 Å². The maximum absolute atomic E-state index is 12.0. The smallest absolute Gasteiger partial charge is 0.251 e. The lowest BCUT2D eigenvalue weighted by Gasteiger charge is -2.16. The molecule has 6 heteroatoms. The zero-order valence-electron chi connectivity index (χ0n) is 12.3. The molecule has 0 aliphatic rings. The Morgan fingerprint density at radius 3 is 2.59 bits per heavy atom. The first kappa shape index (κ1) is 16.6. The predicted molar refractivity (Wildman–Crippen MR) is 87.9 cm³/mol. The van der Waals surface area contributed by atoms with Gasteiger partial charge in [0.15, 0.2) is 0 Å². The Hall–Kier alpha value is -1.78. The SMILES string of the molecule is Cc1cccc(OC(C)CNC(=O)c2cc(Cl)nc(Cl)c2)c1. The number of halogens is 2. The van der Waals surface area contributed by atoms with E-state index in [1.807, 2.05) is 38.1 Å². The quantitative estimate of drug-likeness (QED) is 0.841. The average Bonchev–Trinajstić information content (AvgIpc) is 2.43. The molecule has 0 bridgehead atoms. The van der Waals surface area contributed by atoms with Gasteiger partial charge in [0.05, 0.1) is 6.54 Å². The minimum absolute atomic E-state index is 0.168. The van der Waals surface area contributed by atoms with Gasteiger partial charge in [-0.15, -0.1) is 0 Å². The van der Waals surface area contributed by atoms with E-state index in [9.17, 15) is 4.79 Å². The molecule has 0 radical (unpaired) electrons. The molecule has 4 nitrogen and oxygen atoms in total. The molecule has 1 amide bonds. The minimum Gasteiger partial charge on any atom is -0.489 e. The van der Waals surface area contributed by atoms with Crippen LogP contribution in [-0.2, 0) is 0 Å². The number of hydrogen-bond donors (Lipinski definition) is 1. The van der Waals surface area contributed by atoms with E-state index < -0.39 is 0 Å². The molecule has 1 heterocycles. The fourth-order valence-corrected chi connectivity index (χ4v) is 2.36. The first-order valence-corrected chi connectivity index (χ1v) is 7.54. The summed E-state index contributed by atoms with van der Waals surface area (Å²) in [6.45, 7) is 4.25. The fraction of sp³-hybridized carbons (Fsp3) is 0.250. The van der Waals surface area contributed by atoms with Crippen molar-refractivity contribution in [3.05, 3.63) is 57.8 Å². The summed E-state index contributed by atoms with van der Waals surface area (Å²) < 4.78 is 5.75. The Morgan fingerprint density at radius 1 is 1.27 bits per heavy atom. The number of carbonyl (C=O) groups is 1. The third kappa shape index (κ3) is 4.90. The molecule has 2 aromatic rings. The second kappa shape index (κ2) is 7.47. The molecule has 1 unspecified atom stereocenters. The number of hydrogen-bond acceptors (Lipinski definition) is 3. The Balaban J connectivity index is 1.90. The molecule has 0 aliphatic heterocycles. The number of pyridine rings is 1. The number of amides is 1. The van der Waals surface area contributed by atoms with Gasteiger partial charge in [0.1, 0.15) is 22.2 Å². The normalized spacial score (nSPS) is 11.8.